The van der Waals surface area contributed by atoms with Crippen molar-refractivity contribution in [2.45, 2.75) is 11.8 Å². The Morgan fingerprint density at radius 3 is 2.25 bits per heavy atom. The Bertz CT molecular complexity index is 1230. The quantitative estimate of drug-likeness (QED) is 0.520. The minimum atomic E-state index is -4.19. The van der Waals surface area contributed by atoms with E-state index in [1.165, 1.54) is 32.2 Å². The van der Waals surface area contributed by atoms with Gasteiger partial charge in [-0.25, -0.2) is 12.8 Å². The van der Waals surface area contributed by atoms with E-state index in [4.69, 9.17) is 4.74 Å². The number of ketones is 1. The van der Waals surface area contributed by atoms with Crippen molar-refractivity contribution in [2.24, 2.45) is 0 Å². The van der Waals surface area contributed by atoms with Gasteiger partial charge in [-0.1, -0.05) is 12.1 Å². The Morgan fingerprint density at radius 2 is 1.66 bits per heavy atom. The number of nitrogens with zero attached hydrogens (tertiary/aromatic N) is 1. The normalized spacial score (nSPS) is 11.0. The van der Waals surface area contributed by atoms with Crippen molar-refractivity contribution in [3.63, 3.8) is 0 Å². The topological polar surface area (TPSA) is 92.8 Å². The van der Waals surface area contributed by atoms with E-state index in [0.29, 0.717) is 17.0 Å². The zero-order valence-electron chi connectivity index (χ0n) is 17.4. The van der Waals surface area contributed by atoms with E-state index in [0.717, 1.165) is 28.6 Å². The van der Waals surface area contributed by atoms with Gasteiger partial charge in [0.1, 0.15) is 18.1 Å². The first-order valence-corrected chi connectivity index (χ1v) is 11.0. The second-order valence-electron chi connectivity index (χ2n) is 6.85. The Labute approximate surface area is 185 Å². The van der Waals surface area contributed by atoms with Gasteiger partial charge in [0.15, 0.2) is 5.78 Å². The van der Waals surface area contributed by atoms with E-state index in [2.05, 4.69) is 5.32 Å². The first-order valence-electron chi connectivity index (χ1n) is 9.54. The van der Waals surface area contributed by atoms with E-state index in [1.54, 1.807) is 30.3 Å². The summed E-state index contributed by atoms with van der Waals surface area (Å²) in [4.78, 5) is 24.2. The van der Waals surface area contributed by atoms with Gasteiger partial charge in [-0.15, -0.1) is 0 Å². The molecule has 0 unspecified atom stereocenters. The number of methoxy groups -OCH3 is 1. The Kier molecular flexibility index (Phi) is 6.89. The molecule has 3 aromatic rings. The lowest BCUT2D eigenvalue weighted by Crippen LogP contribution is -2.38. The van der Waals surface area contributed by atoms with Crippen LogP contribution in [0.15, 0.2) is 77.7 Å². The number of rotatable bonds is 8. The molecule has 1 amide bonds. The Hall–Kier alpha value is -3.72. The maximum absolute atomic E-state index is 13.3. The van der Waals surface area contributed by atoms with Gasteiger partial charge in [0, 0.05) is 11.3 Å². The predicted molar refractivity (Wildman–Crippen MR) is 119 cm³/mol. The smallest absolute Gasteiger partial charge is 0.264 e. The van der Waals surface area contributed by atoms with Gasteiger partial charge in [0.25, 0.3) is 10.0 Å². The summed E-state index contributed by atoms with van der Waals surface area (Å²) >= 11 is 0. The minimum Gasteiger partial charge on any atom is -0.497 e. The van der Waals surface area contributed by atoms with Crippen LogP contribution in [0.3, 0.4) is 0 Å². The van der Waals surface area contributed by atoms with E-state index < -0.39 is 28.3 Å². The number of amides is 1. The predicted octanol–water partition coefficient (Wildman–Crippen LogP) is 3.87. The van der Waals surface area contributed by atoms with Crippen LogP contribution in [0.4, 0.5) is 15.8 Å². The van der Waals surface area contributed by atoms with Crippen molar-refractivity contribution in [1.82, 2.24) is 0 Å². The van der Waals surface area contributed by atoms with E-state index in [9.17, 15) is 22.4 Å². The molecule has 0 saturated carbocycles. The summed E-state index contributed by atoms with van der Waals surface area (Å²) in [6.07, 6.45) is 0. The van der Waals surface area contributed by atoms with Crippen LogP contribution in [-0.4, -0.2) is 33.8 Å². The zero-order valence-corrected chi connectivity index (χ0v) is 18.2. The molecule has 0 aliphatic rings. The van der Waals surface area contributed by atoms with Gasteiger partial charge < -0.3 is 10.1 Å². The van der Waals surface area contributed by atoms with E-state index in [-0.39, 0.29) is 16.4 Å². The number of sulfonamides is 1. The average molecular weight is 456 g/mol. The van der Waals surface area contributed by atoms with Gasteiger partial charge in [-0.2, -0.15) is 0 Å². The van der Waals surface area contributed by atoms with Crippen LogP contribution in [0.1, 0.15) is 17.3 Å². The lowest BCUT2D eigenvalue weighted by atomic mass is 10.1. The molecule has 3 rings (SSSR count). The summed E-state index contributed by atoms with van der Waals surface area (Å²) < 4.78 is 45.9. The molecule has 9 heteroatoms. The zero-order chi connectivity index (χ0) is 23.3. The molecule has 0 fully saturated rings. The van der Waals surface area contributed by atoms with Crippen molar-refractivity contribution in [1.29, 1.82) is 0 Å². The molecule has 0 radical (unpaired) electrons. The molecule has 3 aromatic carbocycles. The molecule has 0 heterocycles. The molecule has 0 spiro atoms. The van der Waals surface area contributed by atoms with Crippen molar-refractivity contribution in [2.75, 3.05) is 23.3 Å². The number of halogens is 1. The fourth-order valence-corrected chi connectivity index (χ4v) is 4.37. The third-order valence-electron chi connectivity index (χ3n) is 4.60. The first kappa shape index (κ1) is 23.0. The van der Waals surface area contributed by atoms with Crippen LogP contribution in [-0.2, 0) is 14.8 Å². The summed E-state index contributed by atoms with van der Waals surface area (Å²) in [6, 6.07) is 16.8. The van der Waals surface area contributed by atoms with E-state index >= 15 is 0 Å². The third-order valence-corrected chi connectivity index (χ3v) is 6.39. The SMILES string of the molecule is COc1ccc(N(CC(=O)Nc2cccc(C(C)=O)c2)S(=O)(=O)c2ccc(F)cc2)cc1. The standard InChI is InChI=1S/C23H21FN2O5S/c1-16(27)17-4-3-5-19(14-17)25-23(28)15-26(20-8-10-21(31-2)11-9-20)32(29,30)22-12-6-18(24)7-13-22/h3-14H,15H2,1-2H3,(H,25,28). The van der Waals surface area contributed by atoms with E-state index in [1.807, 2.05) is 0 Å². The summed E-state index contributed by atoms with van der Waals surface area (Å²) in [7, 11) is -2.71. The highest BCUT2D eigenvalue weighted by atomic mass is 32.2. The largest absolute Gasteiger partial charge is 0.497 e. The number of carbonyl (C=O) groups excluding carboxylic acids is 2. The van der Waals surface area contributed by atoms with Gasteiger partial charge in [0.05, 0.1) is 17.7 Å². The number of hydrogen-bond acceptors (Lipinski definition) is 5. The van der Waals surface area contributed by atoms with Gasteiger partial charge in [0.2, 0.25) is 5.91 Å². The number of hydrogen-bond donors (Lipinski definition) is 1. The summed E-state index contributed by atoms with van der Waals surface area (Å²) in [6.45, 7) is 0.859. The van der Waals surface area contributed by atoms with Gasteiger partial charge in [-0.3, -0.25) is 13.9 Å². The van der Waals surface area contributed by atoms with Crippen molar-refractivity contribution >= 4 is 33.1 Å². The lowest BCUT2D eigenvalue weighted by molar-refractivity contribution is -0.114. The number of anilines is 2. The highest BCUT2D eigenvalue weighted by Gasteiger charge is 2.27. The molecule has 32 heavy (non-hydrogen) atoms. The van der Waals surface area contributed by atoms with Crippen LogP contribution in [0, 0.1) is 5.82 Å². The number of nitrogens with one attached hydrogen (secondary N) is 1. The fourth-order valence-electron chi connectivity index (χ4n) is 2.94. The van der Waals surface area contributed by atoms with Crippen molar-refractivity contribution in [3.8, 4) is 5.75 Å². The third kappa shape index (κ3) is 5.30. The molecular formula is C23H21FN2O5S. The highest BCUT2D eigenvalue weighted by molar-refractivity contribution is 7.92. The van der Waals surface area contributed by atoms with Crippen LogP contribution >= 0.6 is 0 Å². The summed E-state index contributed by atoms with van der Waals surface area (Å²) in [5.41, 5.74) is 0.994. The van der Waals surface area contributed by atoms with Crippen LogP contribution in [0.25, 0.3) is 0 Å². The Morgan fingerprint density at radius 1 is 1.00 bits per heavy atom. The summed E-state index contributed by atoms with van der Waals surface area (Å²) in [5, 5.41) is 2.61. The average Bonchev–Trinajstić information content (AvgIpc) is 2.78. The van der Waals surface area contributed by atoms with Gasteiger partial charge >= 0.3 is 0 Å². The molecule has 0 aliphatic carbocycles. The molecule has 0 aliphatic heterocycles. The molecule has 7 nitrogen and oxygen atoms in total. The number of Topliss-reactive ketones (excluding diaryl/α,β-unsaturated/α-hetero) is 1. The second kappa shape index (κ2) is 9.61. The fraction of sp³-hybridized carbons (Fsp3) is 0.130. The molecule has 1 N–H and O–H groups in total. The first-order chi connectivity index (χ1) is 15.2. The maximum atomic E-state index is 13.3. The van der Waals surface area contributed by atoms with Crippen molar-refractivity contribution in [3.05, 3.63) is 84.2 Å². The highest BCUT2D eigenvalue weighted by Crippen LogP contribution is 2.26. The maximum Gasteiger partial charge on any atom is 0.264 e. The number of benzene rings is 3. The molecular weight excluding hydrogens is 435 g/mol. The minimum absolute atomic E-state index is 0.166. The number of ether oxygens (including phenoxy) is 1. The monoisotopic (exact) mass is 456 g/mol. The number of carbonyl (C=O) groups is 2. The van der Waals surface area contributed by atoms with Gasteiger partial charge in [-0.05, 0) is 67.6 Å². The lowest BCUT2D eigenvalue weighted by Gasteiger charge is -2.24. The molecule has 0 bridgehead atoms. The molecule has 0 saturated heterocycles. The van der Waals surface area contributed by atoms with Crippen LogP contribution < -0.4 is 14.4 Å². The van der Waals surface area contributed by atoms with Crippen LogP contribution in [0.5, 0.6) is 5.75 Å². The summed E-state index contributed by atoms with van der Waals surface area (Å²) in [5.74, 6) is -0.853. The molecule has 166 valence electrons. The molecule has 0 atom stereocenters. The Balaban J connectivity index is 1.93. The second-order valence-corrected chi connectivity index (χ2v) is 8.71. The van der Waals surface area contributed by atoms with Crippen molar-refractivity contribution < 1.29 is 27.1 Å². The van der Waals surface area contributed by atoms with Crippen LogP contribution in [0.2, 0.25) is 0 Å². The molecule has 0 aromatic heterocycles.